The highest BCUT2D eigenvalue weighted by molar-refractivity contribution is 9.10. The van der Waals surface area contributed by atoms with Gasteiger partial charge in [0.25, 0.3) is 0 Å². The molecular formula is C12H10Br2F3N3O2. The molecule has 0 fully saturated rings. The fraction of sp³-hybridized carbons (Fsp3) is 0.417. The lowest BCUT2D eigenvalue weighted by Crippen LogP contribution is -2.35. The summed E-state index contributed by atoms with van der Waals surface area (Å²) in [7, 11) is 0. The number of anilines is 1. The van der Waals surface area contributed by atoms with Crippen LogP contribution in [-0.4, -0.2) is 21.1 Å². The molecule has 1 aliphatic rings. The van der Waals surface area contributed by atoms with E-state index in [1.54, 1.807) is 12.1 Å². The summed E-state index contributed by atoms with van der Waals surface area (Å²) in [5.74, 6) is 0.571. The second-order valence-electron chi connectivity index (χ2n) is 4.84. The van der Waals surface area contributed by atoms with E-state index in [-0.39, 0.29) is 17.9 Å². The first-order valence-electron chi connectivity index (χ1n) is 6.27. The average Bonchev–Trinajstić information content (AvgIpc) is 3.01. The van der Waals surface area contributed by atoms with Gasteiger partial charge in [-0.2, -0.15) is 18.3 Å². The van der Waals surface area contributed by atoms with Crippen LogP contribution in [0.2, 0.25) is 0 Å². The molecule has 0 spiro atoms. The van der Waals surface area contributed by atoms with Crippen molar-refractivity contribution in [3.63, 3.8) is 0 Å². The quantitative estimate of drug-likeness (QED) is 0.730. The molecule has 2 aromatic heterocycles. The van der Waals surface area contributed by atoms with Crippen molar-refractivity contribution in [2.75, 3.05) is 5.32 Å². The number of alkyl halides is 3. The first-order valence-corrected chi connectivity index (χ1v) is 7.86. The van der Waals surface area contributed by atoms with Crippen LogP contribution in [0.25, 0.3) is 0 Å². The van der Waals surface area contributed by atoms with E-state index in [4.69, 9.17) is 4.42 Å². The monoisotopic (exact) mass is 443 g/mol. The number of aliphatic hydroxyl groups excluding tert-OH is 1. The SMILES string of the molecule is OCc1nn2c(c1Br)NC(c1ccc(Br)o1)CC2C(F)(F)F. The van der Waals surface area contributed by atoms with Crippen LogP contribution in [0, 0.1) is 0 Å². The largest absolute Gasteiger partial charge is 0.452 e. The van der Waals surface area contributed by atoms with Gasteiger partial charge >= 0.3 is 6.18 Å². The summed E-state index contributed by atoms with van der Waals surface area (Å²) in [6, 6.07) is 0.793. The Bertz CT molecular complexity index is 698. The van der Waals surface area contributed by atoms with E-state index in [0.717, 1.165) is 4.68 Å². The van der Waals surface area contributed by atoms with Crippen molar-refractivity contribution in [2.45, 2.75) is 31.3 Å². The number of hydrogen-bond acceptors (Lipinski definition) is 4. The molecule has 5 nitrogen and oxygen atoms in total. The van der Waals surface area contributed by atoms with Gasteiger partial charge in [-0.15, -0.1) is 0 Å². The van der Waals surface area contributed by atoms with Crippen LogP contribution in [-0.2, 0) is 6.61 Å². The number of nitrogens with one attached hydrogen (secondary N) is 1. The van der Waals surface area contributed by atoms with Gasteiger partial charge in [-0.05, 0) is 44.0 Å². The number of fused-ring (bicyclic) bond motifs is 1. The van der Waals surface area contributed by atoms with Crippen LogP contribution < -0.4 is 5.32 Å². The molecule has 2 atom stereocenters. The van der Waals surface area contributed by atoms with Gasteiger partial charge in [0.1, 0.15) is 17.3 Å². The molecule has 1 aliphatic heterocycles. The molecule has 3 heterocycles. The molecule has 2 unspecified atom stereocenters. The van der Waals surface area contributed by atoms with Crippen LogP contribution in [0.5, 0.6) is 0 Å². The normalized spacial score (nSPS) is 21.5. The summed E-state index contributed by atoms with van der Waals surface area (Å²) in [5, 5.41) is 16.0. The first-order chi connectivity index (χ1) is 10.3. The number of aromatic nitrogens is 2. The van der Waals surface area contributed by atoms with Crippen molar-refractivity contribution in [3.05, 3.63) is 32.7 Å². The van der Waals surface area contributed by atoms with Gasteiger partial charge in [-0.3, -0.25) is 0 Å². The Labute approximate surface area is 139 Å². The molecular weight excluding hydrogens is 435 g/mol. The van der Waals surface area contributed by atoms with Crippen LogP contribution in [0.15, 0.2) is 25.7 Å². The van der Waals surface area contributed by atoms with Crippen LogP contribution >= 0.6 is 31.9 Å². The lowest BCUT2D eigenvalue weighted by molar-refractivity contribution is -0.174. The predicted octanol–water partition coefficient (Wildman–Crippen LogP) is 4.15. The van der Waals surface area contributed by atoms with Gasteiger partial charge in [-0.1, -0.05) is 0 Å². The lowest BCUT2D eigenvalue weighted by Gasteiger charge is -2.32. The Morgan fingerprint density at radius 2 is 2.14 bits per heavy atom. The van der Waals surface area contributed by atoms with Crippen molar-refractivity contribution in [2.24, 2.45) is 0 Å². The Balaban J connectivity index is 2.06. The van der Waals surface area contributed by atoms with Gasteiger partial charge < -0.3 is 14.8 Å². The summed E-state index contributed by atoms with van der Waals surface area (Å²) in [6.07, 6.45) is -4.72. The molecule has 22 heavy (non-hydrogen) atoms. The number of furan rings is 1. The van der Waals surface area contributed by atoms with Gasteiger partial charge in [-0.25, -0.2) is 4.68 Å². The van der Waals surface area contributed by atoms with E-state index < -0.39 is 24.9 Å². The lowest BCUT2D eigenvalue weighted by atomic mass is 10.0. The molecule has 0 saturated carbocycles. The van der Waals surface area contributed by atoms with Crippen molar-refractivity contribution in [3.8, 4) is 0 Å². The maximum absolute atomic E-state index is 13.4. The summed E-state index contributed by atoms with van der Waals surface area (Å²) in [6.45, 7) is -0.455. The van der Waals surface area contributed by atoms with E-state index in [1.165, 1.54) is 0 Å². The predicted molar refractivity (Wildman–Crippen MR) is 78.3 cm³/mol. The third kappa shape index (κ3) is 2.67. The molecule has 0 bridgehead atoms. The number of nitrogens with zero attached hydrogens (tertiary/aromatic N) is 2. The van der Waals surface area contributed by atoms with E-state index in [2.05, 4.69) is 42.3 Å². The molecule has 0 amide bonds. The highest BCUT2D eigenvalue weighted by atomic mass is 79.9. The summed E-state index contributed by atoms with van der Waals surface area (Å²) in [5.41, 5.74) is 0.151. The molecule has 10 heteroatoms. The maximum Gasteiger partial charge on any atom is 0.410 e. The summed E-state index contributed by atoms with van der Waals surface area (Å²) in [4.78, 5) is 0. The van der Waals surface area contributed by atoms with Crippen LogP contribution in [0.4, 0.5) is 19.0 Å². The molecule has 0 radical (unpaired) electrons. The van der Waals surface area contributed by atoms with Crippen LogP contribution in [0.1, 0.15) is 30.0 Å². The molecule has 3 rings (SSSR count). The highest BCUT2D eigenvalue weighted by Gasteiger charge is 2.47. The van der Waals surface area contributed by atoms with Gasteiger partial charge in [0.05, 0.1) is 17.1 Å². The molecule has 120 valence electrons. The second-order valence-corrected chi connectivity index (χ2v) is 6.42. The second kappa shape index (κ2) is 5.57. The molecule has 2 aromatic rings. The van der Waals surface area contributed by atoms with E-state index >= 15 is 0 Å². The Morgan fingerprint density at radius 3 is 2.68 bits per heavy atom. The summed E-state index contributed by atoms with van der Waals surface area (Å²) < 4.78 is 47.1. The molecule has 0 aliphatic carbocycles. The zero-order chi connectivity index (χ0) is 16.1. The summed E-state index contributed by atoms with van der Waals surface area (Å²) >= 11 is 6.32. The minimum Gasteiger partial charge on any atom is -0.452 e. The molecule has 0 saturated heterocycles. The van der Waals surface area contributed by atoms with Crippen molar-refractivity contribution in [1.29, 1.82) is 0 Å². The van der Waals surface area contributed by atoms with Gasteiger partial charge in [0.15, 0.2) is 10.7 Å². The standard InChI is InChI=1S/C12H10Br2F3N3O2/c13-9-2-1-7(22-9)5-3-8(12(15,16)17)20-11(18-5)10(14)6(4-21)19-20/h1-2,5,8,18,21H,3-4H2. The van der Waals surface area contributed by atoms with E-state index in [0.29, 0.717) is 14.9 Å². The average molecular weight is 445 g/mol. The molecule has 0 aromatic carbocycles. The van der Waals surface area contributed by atoms with Crippen molar-refractivity contribution < 1.29 is 22.7 Å². The fourth-order valence-electron chi connectivity index (χ4n) is 2.44. The van der Waals surface area contributed by atoms with Gasteiger partial charge in [0.2, 0.25) is 0 Å². The number of hydrogen-bond donors (Lipinski definition) is 2. The maximum atomic E-state index is 13.4. The van der Waals surface area contributed by atoms with Crippen molar-refractivity contribution >= 4 is 37.7 Å². The topological polar surface area (TPSA) is 63.2 Å². The Hall–Kier alpha value is -1.00. The number of rotatable bonds is 2. The minimum absolute atomic E-state index is 0.151. The first kappa shape index (κ1) is 15.9. The van der Waals surface area contributed by atoms with E-state index in [1.807, 2.05) is 0 Å². The third-order valence-electron chi connectivity index (χ3n) is 3.45. The van der Waals surface area contributed by atoms with Gasteiger partial charge in [0, 0.05) is 6.42 Å². The Kier molecular flexibility index (Phi) is 4.02. The zero-order valence-electron chi connectivity index (χ0n) is 10.9. The van der Waals surface area contributed by atoms with E-state index in [9.17, 15) is 18.3 Å². The third-order valence-corrected chi connectivity index (χ3v) is 4.71. The number of halogens is 5. The fourth-order valence-corrected chi connectivity index (χ4v) is 3.26. The molecule has 2 N–H and O–H groups in total. The Morgan fingerprint density at radius 1 is 1.41 bits per heavy atom. The smallest absolute Gasteiger partial charge is 0.410 e. The van der Waals surface area contributed by atoms with Crippen molar-refractivity contribution in [1.82, 2.24) is 9.78 Å². The number of aliphatic hydroxyl groups is 1. The van der Waals surface area contributed by atoms with Crippen LogP contribution in [0.3, 0.4) is 0 Å². The minimum atomic E-state index is -4.46. The highest BCUT2D eigenvalue weighted by Crippen LogP contribution is 2.46. The zero-order valence-corrected chi connectivity index (χ0v) is 14.0.